The highest BCUT2D eigenvalue weighted by Crippen LogP contribution is 2.27. The number of carbonyl (C=O) groups excluding carboxylic acids is 1. The molecule has 0 aliphatic carbocycles. The molecule has 10 heteroatoms. The zero-order chi connectivity index (χ0) is 22.8. The summed E-state index contributed by atoms with van der Waals surface area (Å²) in [5, 5.41) is 2.63. The van der Waals surface area contributed by atoms with Gasteiger partial charge in [-0.25, -0.2) is 8.42 Å². The Morgan fingerprint density at radius 3 is 2.32 bits per heavy atom. The van der Waals surface area contributed by atoms with Crippen LogP contribution >= 0.6 is 0 Å². The van der Waals surface area contributed by atoms with Crippen LogP contribution in [0.15, 0.2) is 47.4 Å². The SMILES string of the molecule is Cc1c(NC(=O)c2ccc(S(=O)(=O)N3CC(C)OC(C)C3)cc2)cccc1OC(F)F. The Kier molecular flexibility index (Phi) is 6.93. The molecule has 0 radical (unpaired) electrons. The molecule has 1 N–H and O–H groups in total. The predicted molar refractivity (Wildman–Crippen MR) is 111 cm³/mol. The smallest absolute Gasteiger partial charge is 0.387 e. The number of halogens is 2. The molecule has 1 heterocycles. The number of carbonyl (C=O) groups is 1. The fourth-order valence-electron chi connectivity index (χ4n) is 3.42. The molecule has 168 valence electrons. The molecule has 1 amide bonds. The number of amides is 1. The van der Waals surface area contributed by atoms with Crippen molar-refractivity contribution in [2.24, 2.45) is 0 Å². The van der Waals surface area contributed by atoms with Crippen LogP contribution in [0.25, 0.3) is 0 Å². The van der Waals surface area contributed by atoms with Gasteiger partial charge in [-0.05, 0) is 57.2 Å². The summed E-state index contributed by atoms with van der Waals surface area (Å²) in [6.45, 7) is 2.71. The van der Waals surface area contributed by atoms with Crippen molar-refractivity contribution in [1.29, 1.82) is 0 Å². The van der Waals surface area contributed by atoms with Gasteiger partial charge in [0.05, 0.1) is 17.1 Å². The van der Waals surface area contributed by atoms with Crippen molar-refractivity contribution in [2.45, 2.75) is 44.5 Å². The van der Waals surface area contributed by atoms with E-state index in [1.54, 1.807) is 13.0 Å². The second-order valence-electron chi connectivity index (χ2n) is 7.37. The molecule has 2 aromatic carbocycles. The molecular weight excluding hydrogens is 430 g/mol. The molecule has 0 bridgehead atoms. The Morgan fingerprint density at radius 1 is 1.13 bits per heavy atom. The third-order valence-electron chi connectivity index (χ3n) is 4.89. The quantitative estimate of drug-likeness (QED) is 0.720. The maximum atomic E-state index is 12.9. The first-order valence-electron chi connectivity index (χ1n) is 9.69. The Balaban J connectivity index is 1.75. The number of sulfonamides is 1. The van der Waals surface area contributed by atoms with E-state index in [0.717, 1.165) is 0 Å². The number of anilines is 1. The van der Waals surface area contributed by atoms with Gasteiger partial charge in [-0.1, -0.05) is 6.07 Å². The Labute approximate surface area is 180 Å². The number of morpholine rings is 1. The molecule has 1 fully saturated rings. The summed E-state index contributed by atoms with van der Waals surface area (Å²) < 4.78 is 62.2. The zero-order valence-corrected chi connectivity index (χ0v) is 18.2. The summed E-state index contributed by atoms with van der Waals surface area (Å²) in [7, 11) is -3.72. The van der Waals surface area contributed by atoms with Crippen LogP contribution in [0.2, 0.25) is 0 Å². The molecule has 3 rings (SSSR count). The summed E-state index contributed by atoms with van der Waals surface area (Å²) in [6, 6.07) is 9.99. The lowest BCUT2D eigenvalue weighted by atomic mass is 10.1. The van der Waals surface area contributed by atoms with Crippen LogP contribution in [0, 0.1) is 6.92 Å². The molecule has 2 aromatic rings. The predicted octanol–water partition coefficient (Wildman–Crippen LogP) is 3.65. The van der Waals surface area contributed by atoms with E-state index in [1.807, 2.05) is 13.8 Å². The fourth-order valence-corrected chi connectivity index (χ4v) is 5.01. The van der Waals surface area contributed by atoms with E-state index >= 15 is 0 Å². The highest BCUT2D eigenvalue weighted by Gasteiger charge is 2.32. The number of nitrogens with zero attached hydrogens (tertiary/aromatic N) is 1. The van der Waals surface area contributed by atoms with Gasteiger partial charge in [0.15, 0.2) is 0 Å². The molecule has 0 spiro atoms. The number of alkyl halides is 2. The van der Waals surface area contributed by atoms with E-state index in [2.05, 4.69) is 10.1 Å². The molecule has 2 unspecified atom stereocenters. The third-order valence-corrected chi connectivity index (χ3v) is 6.73. The standard InChI is InChI=1S/C21H24F2N2O5S/c1-13-11-25(12-14(2)29-13)31(27,28)17-9-7-16(8-10-17)20(26)24-18-5-4-6-19(15(18)3)30-21(22)23/h4-10,13-14,21H,11-12H2,1-3H3,(H,24,26). The number of hydrogen-bond donors (Lipinski definition) is 1. The number of hydrogen-bond acceptors (Lipinski definition) is 5. The molecule has 0 saturated carbocycles. The van der Waals surface area contributed by atoms with Gasteiger partial charge < -0.3 is 14.8 Å². The van der Waals surface area contributed by atoms with E-state index in [-0.39, 0.29) is 41.5 Å². The van der Waals surface area contributed by atoms with Gasteiger partial charge in [-0.2, -0.15) is 13.1 Å². The molecule has 1 aliphatic heterocycles. The maximum Gasteiger partial charge on any atom is 0.387 e. The molecule has 2 atom stereocenters. The molecule has 31 heavy (non-hydrogen) atoms. The number of ether oxygens (including phenoxy) is 2. The van der Waals surface area contributed by atoms with Gasteiger partial charge in [0.1, 0.15) is 5.75 Å². The first-order chi connectivity index (χ1) is 14.6. The van der Waals surface area contributed by atoms with Gasteiger partial charge in [-0.3, -0.25) is 4.79 Å². The van der Waals surface area contributed by atoms with E-state index in [4.69, 9.17) is 4.74 Å². The number of nitrogens with one attached hydrogen (secondary N) is 1. The average Bonchev–Trinajstić information content (AvgIpc) is 2.70. The monoisotopic (exact) mass is 454 g/mol. The Bertz CT molecular complexity index is 1030. The largest absolute Gasteiger partial charge is 0.434 e. The van der Waals surface area contributed by atoms with Crippen molar-refractivity contribution in [2.75, 3.05) is 18.4 Å². The summed E-state index contributed by atoms with van der Waals surface area (Å²) in [5.74, 6) is -0.543. The van der Waals surface area contributed by atoms with Crippen molar-refractivity contribution in [3.8, 4) is 5.75 Å². The van der Waals surface area contributed by atoms with Crippen molar-refractivity contribution >= 4 is 21.6 Å². The van der Waals surface area contributed by atoms with Crippen LogP contribution in [0.4, 0.5) is 14.5 Å². The fraction of sp³-hybridized carbons (Fsp3) is 0.381. The van der Waals surface area contributed by atoms with Crippen LogP contribution in [0.5, 0.6) is 5.75 Å². The van der Waals surface area contributed by atoms with Crippen molar-refractivity contribution in [3.63, 3.8) is 0 Å². The molecular formula is C21H24F2N2O5S. The van der Waals surface area contributed by atoms with Gasteiger partial charge in [0.2, 0.25) is 10.0 Å². The second-order valence-corrected chi connectivity index (χ2v) is 9.30. The van der Waals surface area contributed by atoms with E-state index < -0.39 is 22.5 Å². The van der Waals surface area contributed by atoms with Crippen molar-refractivity contribution in [3.05, 3.63) is 53.6 Å². The lowest BCUT2D eigenvalue weighted by Gasteiger charge is -2.34. The zero-order valence-electron chi connectivity index (χ0n) is 17.3. The lowest BCUT2D eigenvalue weighted by molar-refractivity contribution is -0.0502. The van der Waals surface area contributed by atoms with Crippen LogP contribution in [-0.4, -0.2) is 50.5 Å². The third kappa shape index (κ3) is 5.38. The minimum absolute atomic E-state index is 0.0387. The van der Waals surface area contributed by atoms with Crippen LogP contribution in [-0.2, 0) is 14.8 Å². The normalized spacial score (nSPS) is 19.9. The summed E-state index contributed by atoms with van der Waals surface area (Å²) in [5.41, 5.74) is 0.893. The molecule has 1 saturated heterocycles. The summed E-state index contributed by atoms with van der Waals surface area (Å²) >= 11 is 0. The maximum absolute atomic E-state index is 12.9. The first kappa shape index (κ1) is 23.1. The van der Waals surface area contributed by atoms with Crippen LogP contribution in [0.3, 0.4) is 0 Å². The molecule has 1 aliphatic rings. The minimum atomic E-state index is -3.72. The number of rotatable bonds is 6. The van der Waals surface area contributed by atoms with Gasteiger partial charge in [-0.15, -0.1) is 0 Å². The topological polar surface area (TPSA) is 84.9 Å². The average molecular weight is 454 g/mol. The van der Waals surface area contributed by atoms with E-state index in [9.17, 15) is 22.0 Å². The molecule has 7 nitrogen and oxygen atoms in total. The highest BCUT2D eigenvalue weighted by molar-refractivity contribution is 7.89. The summed E-state index contributed by atoms with van der Waals surface area (Å²) in [6.07, 6.45) is -0.423. The van der Waals surface area contributed by atoms with Crippen molar-refractivity contribution < 1.29 is 31.5 Å². The lowest BCUT2D eigenvalue weighted by Crippen LogP contribution is -2.48. The molecule has 0 aromatic heterocycles. The van der Waals surface area contributed by atoms with Gasteiger partial charge in [0, 0.05) is 29.9 Å². The second kappa shape index (κ2) is 9.29. The van der Waals surface area contributed by atoms with E-state index in [0.29, 0.717) is 11.3 Å². The highest BCUT2D eigenvalue weighted by atomic mass is 32.2. The summed E-state index contributed by atoms with van der Waals surface area (Å²) in [4.78, 5) is 12.6. The minimum Gasteiger partial charge on any atom is -0.434 e. The number of benzene rings is 2. The van der Waals surface area contributed by atoms with Gasteiger partial charge in [0.25, 0.3) is 5.91 Å². The van der Waals surface area contributed by atoms with Gasteiger partial charge >= 0.3 is 6.61 Å². The first-order valence-corrected chi connectivity index (χ1v) is 11.1. The van der Waals surface area contributed by atoms with Crippen LogP contribution in [0.1, 0.15) is 29.8 Å². The van der Waals surface area contributed by atoms with E-state index in [1.165, 1.54) is 40.7 Å². The van der Waals surface area contributed by atoms with Crippen LogP contribution < -0.4 is 10.1 Å². The Morgan fingerprint density at radius 2 is 1.74 bits per heavy atom. The van der Waals surface area contributed by atoms with Crippen molar-refractivity contribution in [1.82, 2.24) is 4.31 Å². The Hall–Kier alpha value is -2.56.